The van der Waals surface area contributed by atoms with Gasteiger partial charge in [-0.15, -0.1) is 0 Å². The molecular weight excluding hydrogens is 262 g/mol. The quantitative estimate of drug-likeness (QED) is 0.732. The van der Waals surface area contributed by atoms with Gasteiger partial charge in [0.2, 0.25) is 0 Å². The maximum atomic E-state index is 3.81. The molecule has 0 bridgehead atoms. The summed E-state index contributed by atoms with van der Waals surface area (Å²) in [6, 6.07) is 0.766. The van der Waals surface area contributed by atoms with Gasteiger partial charge in [-0.2, -0.15) is 11.8 Å². The number of thioether (sulfide) groups is 1. The summed E-state index contributed by atoms with van der Waals surface area (Å²) >= 11 is 2.28. The fourth-order valence-corrected chi connectivity index (χ4v) is 5.59. The summed E-state index contributed by atoms with van der Waals surface area (Å²) in [7, 11) is 0. The normalized spacial score (nSPS) is 34.0. The Hall–Kier alpha value is 0.310. The predicted molar refractivity (Wildman–Crippen MR) is 92.5 cm³/mol. The Bertz CT molecular complexity index is 262. The minimum Gasteiger partial charge on any atom is -0.313 e. The van der Waals surface area contributed by atoms with Crippen LogP contribution in [0.15, 0.2) is 0 Å². The van der Waals surface area contributed by atoms with Crippen molar-refractivity contribution in [1.82, 2.24) is 5.32 Å². The Kier molecular flexibility index (Phi) is 7.24. The van der Waals surface area contributed by atoms with Crippen LogP contribution in [0.3, 0.4) is 0 Å². The molecule has 4 atom stereocenters. The molecule has 4 unspecified atom stereocenters. The highest BCUT2D eigenvalue weighted by Gasteiger charge is 2.30. The number of hydrogen-bond donors (Lipinski definition) is 1. The summed E-state index contributed by atoms with van der Waals surface area (Å²) in [6.07, 6.45) is 11.7. The van der Waals surface area contributed by atoms with Gasteiger partial charge in [-0.3, -0.25) is 0 Å². The van der Waals surface area contributed by atoms with E-state index in [1.165, 1.54) is 57.1 Å². The number of hydrogen-bond acceptors (Lipinski definition) is 2. The first-order valence-corrected chi connectivity index (χ1v) is 10.1. The van der Waals surface area contributed by atoms with Crippen molar-refractivity contribution in [2.24, 2.45) is 17.8 Å². The molecule has 2 fully saturated rings. The van der Waals surface area contributed by atoms with Crippen molar-refractivity contribution in [1.29, 1.82) is 0 Å². The first kappa shape index (κ1) is 16.7. The third-order valence-electron chi connectivity index (χ3n) is 5.74. The van der Waals surface area contributed by atoms with E-state index in [1.807, 2.05) is 0 Å². The molecule has 2 aliphatic rings. The lowest BCUT2D eigenvalue weighted by Crippen LogP contribution is -2.41. The van der Waals surface area contributed by atoms with Crippen LogP contribution in [0.4, 0.5) is 0 Å². The third-order valence-corrected chi connectivity index (χ3v) is 7.23. The van der Waals surface area contributed by atoms with E-state index in [4.69, 9.17) is 0 Å². The van der Waals surface area contributed by atoms with Crippen LogP contribution in [0.1, 0.15) is 72.1 Å². The highest BCUT2D eigenvalue weighted by atomic mass is 32.2. The van der Waals surface area contributed by atoms with Crippen molar-refractivity contribution < 1.29 is 0 Å². The molecule has 0 aromatic heterocycles. The van der Waals surface area contributed by atoms with E-state index in [2.05, 4.69) is 37.8 Å². The Morgan fingerprint density at radius 3 is 2.40 bits per heavy atom. The van der Waals surface area contributed by atoms with E-state index in [1.54, 1.807) is 0 Å². The molecule has 0 heterocycles. The second-order valence-electron chi connectivity index (χ2n) is 7.29. The van der Waals surface area contributed by atoms with Crippen LogP contribution in [0.5, 0.6) is 0 Å². The minimum atomic E-state index is 0.766. The van der Waals surface area contributed by atoms with Crippen LogP contribution >= 0.6 is 11.8 Å². The fourth-order valence-electron chi connectivity index (χ4n) is 4.05. The standard InChI is InChI=1S/C18H35NS/c1-4-19-18(13-20-17-8-6-5-7-9-17)16-11-10-14(2)15(3)12-16/h14-19H,4-13H2,1-3H3. The van der Waals surface area contributed by atoms with Crippen LogP contribution < -0.4 is 5.32 Å². The van der Waals surface area contributed by atoms with Gasteiger partial charge in [-0.05, 0) is 50.0 Å². The molecule has 0 spiro atoms. The molecule has 0 radical (unpaired) electrons. The van der Waals surface area contributed by atoms with E-state index in [0.717, 1.165) is 35.6 Å². The molecule has 0 aromatic carbocycles. The molecule has 2 heteroatoms. The maximum absolute atomic E-state index is 3.81. The second-order valence-corrected chi connectivity index (χ2v) is 8.62. The van der Waals surface area contributed by atoms with E-state index >= 15 is 0 Å². The number of rotatable bonds is 6. The first-order valence-electron chi connectivity index (χ1n) is 9.05. The van der Waals surface area contributed by atoms with E-state index < -0.39 is 0 Å². The SMILES string of the molecule is CCNC(CSC1CCCCC1)C1CCC(C)C(C)C1. The zero-order chi connectivity index (χ0) is 14.4. The summed E-state index contributed by atoms with van der Waals surface area (Å²) in [5.41, 5.74) is 0. The Morgan fingerprint density at radius 1 is 1.00 bits per heavy atom. The molecule has 118 valence electrons. The van der Waals surface area contributed by atoms with Crippen LogP contribution in [-0.2, 0) is 0 Å². The predicted octanol–water partition coefficient (Wildman–Crippen LogP) is 5.10. The van der Waals surface area contributed by atoms with Crippen LogP contribution in [0.2, 0.25) is 0 Å². The van der Waals surface area contributed by atoms with Crippen LogP contribution in [0, 0.1) is 17.8 Å². The van der Waals surface area contributed by atoms with Gasteiger partial charge < -0.3 is 5.32 Å². The van der Waals surface area contributed by atoms with E-state index in [9.17, 15) is 0 Å². The first-order chi connectivity index (χ1) is 9.70. The smallest absolute Gasteiger partial charge is 0.0186 e. The van der Waals surface area contributed by atoms with Gasteiger partial charge >= 0.3 is 0 Å². The summed E-state index contributed by atoms with van der Waals surface area (Å²) in [6.45, 7) is 8.32. The lowest BCUT2D eigenvalue weighted by Gasteiger charge is -2.37. The van der Waals surface area contributed by atoms with Gasteiger partial charge in [-0.1, -0.05) is 46.5 Å². The number of nitrogens with one attached hydrogen (secondary N) is 1. The molecule has 2 saturated carbocycles. The molecule has 2 aliphatic carbocycles. The maximum Gasteiger partial charge on any atom is 0.0186 e. The minimum absolute atomic E-state index is 0.766. The summed E-state index contributed by atoms with van der Waals surface area (Å²) < 4.78 is 0. The van der Waals surface area contributed by atoms with Gasteiger partial charge in [0.05, 0.1) is 0 Å². The van der Waals surface area contributed by atoms with Crippen molar-refractivity contribution in [2.75, 3.05) is 12.3 Å². The summed E-state index contributed by atoms with van der Waals surface area (Å²) in [4.78, 5) is 0. The van der Waals surface area contributed by atoms with Crippen molar-refractivity contribution in [2.45, 2.75) is 83.4 Å². The highest BCUT2D eigenvalue weighted by molar-refractivity contribution is 7.99. The van der Waals surface area contributed by atoms with Crippen LogP contribution in [-0.4, -0.2) is 23.6 Å². The van der Waals surface area contributed by atoms with E-state index in [-0.39, 0.29) is 0 Å². The monoisotopic (exact) mass is 297 g/mol. The molecule has 0 amide bonds. The van der Waals surface area contributed by atoms with Gasteiger partial charge in [0.15, 0.2) is 0 Å². The summed E-state index contributed by atoms with van der Waals surface area (Å²) in [5, 5.41) is 4.77. The zero-order valence-electron chi connectivity index (χ0n) is 13.9. The lowest BCUT2D eigenvalue weighted by atomic mass is 9.73. The van der Waals surface area contributed by atoms with Crippen molar-refractivity contribution in [3.8, 4) is 0 Å². The topological polar surface area (TPSA) is 12.0 Å². The molecular formula is C18H35NS. The van der Waals surface area contributed by atoms with Gasteiger partial charge in [-0.25, -0.2) is 0 Å². The molecule has 0 aliphatic heterocycles. The van der Waals surface area contributed by atoms with Gasteiger partial charge in [0.1, 0.15) is 0 Å². The third kappa shape index (κ3) is 4.94. The second kappa shape index (κ2) is 8.68. The average Bonchev–Trinajstić information content (AvgIpc) is 2.47. The Labute approximate surface area is 131 Å². The molecule has 1 nitrogen and oxygen atoms in total. The molecule has 0 aromatic rings. The molecule has 0 saturated heterocycles. The van der Waals surface area contributed by atoms with Crippen molar-refractivity contribution >= 4 is 11.8 Å². The Morgan fingerprint density at radius 2 is 1.75 bits per heavy atom. The van der Waals surface area contributed by atoms with Crippen molar-refractivity contribution in [3.63, 3.8) is 0 Å². The fraction of sp³-hybridized carbons (Fsp3) is 1.00. The molecule has 20 heavy (non-hydrogen) atoms. The van der Waals surface area contributed by atoms with Crippen LogP contribution in [0.25, 0.3) is 0 Å². The van der Waals surface area contributed by atoms with Gasteiger partial charge in [0.25, 0.3) is 0 Å². The Balaban J connectivity index is 1.79. The lowest BCUT2D eigenvalue weighted by molar-refractivity contribution is 0.179. The molecule has 2 rings (SSSR count). The van der Waals surface area contributed by atoms with E-state index in [0.29, 0.717) is 0 Å². The molecule has 1 N–H and O–H groups in total. The summed E-state index contributed by atoms with van der Waals surface area (Å²) in [5.74, 6) is 4.15. The zero-order valence-corrected chi connectivity index (χ0v) is 14.7. The van der Waals surface area contributed by atoms with Gasteiger partial charge in [0, 0.05) is 17.0 Å². The van der Waals surface area contributed by atoms with Crippen molar-refractivity contribution in [3.05, 3.63) is 0 Å². The average molecular weight is 298 g/mol. The largest absolute Gasteiger partial charge is 0.313 e. The highest BCUT2D eigenvalue weighted by Crippen LogP contribution is 2.37.